The predicted octanol–water partition coefficient (Wildman–Crippen LogP) is 2.78. The van der Waals surface area contributed by atoms with E-state index in [2.05, 4.69) is 20.5 Å². The molecule has 3 aromatic rings. The Morgan fingerprint density at radius 3 is 3.00 bits per heavy atom. The topological polar surface area (TPSA) is 93.0 Å². The molecule has 0 aliphatic rings. The average Bonchev–Trinajstić information content (AvgIpc) is 3.24. The van der Waals surface area contributed by atoms with Gasteiger partial charge in [-0.2, -0.15) is 5.10 Å². The standard InChI is InChI=1S/C17H18N4O3/c1-11(2)24-17-12(5-3-7-18-17)10-19-16(22)14-9-13(20-21-14)15-6-4-8-23-15/h3-9,11H,10H2,1-2H3,(H,19,22)(H,20,21). The molecule has 2 N–H and O–H groups in total. The largest absolute Gasteiger partial charge is 0.475 e. The summed E-state index contributed by atoms with van der Waals surface area (Å²) in [6, 6.07) is 8.87. The van der Waals surface area contributed by atoms with Crippen LogP contribution in [0.3, 0.4) is 0 Å². The number of H-pyrrole nitrogens is 1. The van der Waals surface area contributed by atoms with E-state index in [0.717, 1.165) is 5.56 Å². The Labute approximate surface area is 139 Å². The molecule has 0 radical (unpaired) electrons. The van der Waals surface area contributed by atoms with Crippen molar-refractivity contribution in [3.8, 4) is 17.3 Å². The fraction of sp³-hybridized carbons (Fsp3) is 0.235. The highest BCUT2D eigenvalue weighted by Gasteiger charge is 2.14. The maximum Gasteiger partial charge on any atom is 0.272 e. The molecule has 1 amide bonds. The van der Waals surface area contributed by atoms with Crippen LogP contribution in [0.4, 0.5) is 0 Å². The van der Waals surface area contributed by atoms with Crippen LogP contribution in [0.2, 0.25) is 0 Å². The summed E-state index contributed by atoms with van der Waals surface area (Å²) >= 11 is 0. The number of nitrogens with zero attached hydrogens (tertiary/aromatic N) is 2. The lowest BCUT2D eigenvalue weighted by Crippen LogP contribution is -2.24. The van der Waals surface area contributed by atoms with Crippen molar-refractivity contribution in [3.05, 3.63) is 54.0 Å². The first-order valence-electron chi connectivity index (χ1n) is 7.61. The van der Waals surface area contributed by atoms with Gasteiger partial charge in [0, 0.05) is 24.4 Å². The summed E-state index contributed by atoms with van der Waals surface area (Å²) in [7, 11) is 0. The van der Waals surface area contributed by atoms with Crippen LogP contribution in [0, 0.1) is 0 Å². The number of aromatic amines is 1. The number of hydrogen-bond acceptors (Lipinski definition) is 5. The van der Waals surface area contributed by atoms with E-state index in [-0.39, 0.29) is 17.7 Å². The second-order valence-electron chi connectivity index (χ2n) is 5.46. The van der Waals surface area contributed by atoms with E-state index in [9.17, 15) is 4.79 Å². The number of rotatable bonds is 6. The van der Waals surface area contributed by atoms with Crippen LogP contribution in [0.25, 0.3) is 11.5 Å². The van der Waals surface area contributed by atoms with Gasteiger partial charge in [-0.3, -0.25) is 9.89 Å². The average molecular weight is 326 g/mol. The molecule has 0 spiro atoms. The first-order valence-corrected chi connectivity index (χ1v) is 7.61. The zero-order chi connectivity index (χ0) is 16.9. The molecular formula is C17H18N4O3. The number of furan rings is 1. The fourth-order valence-corrected chi connectivity index (χ4v) is 2.15. The van der Waals surface area contributed by atoms with Gasteiger partial charge in [0.1, 0.15) is 5.69 Å². The van der Waals surface area contributed by atoms with Gasteiger partial charge in [-0.05, 0) is 32.0 Å². The number of hydrogen-bond donors (Lipinski definition) is 2. The summed E-state index contributed by atoms with van der Waals surface area (Å²) < 4.78 is 10.9. The Hall–Kier alpha value is -3.09. The highest BCUT2D eigenvalue weighted by Crippen LogP contribution is 2.18. The van der Waals surface area contributed by atoms with Crippen molar-refractivity contribution in [2.45, 2.75) is 26.5 Å². The number of ether oxygens (including phenoxy) is 1. The van der Waals surface area contributed by atoms with Gasteiger partial charge in [-0.1, -0.05) is 6.07 Å². The number of carbonyl (C=O) groups excluding carboxylic acids is 1. The maximum atomic E-state index is 12.2. The quantitative estimate of drug-likeness (QED) is 0.726. The van der Waals surface area contributed by atoms with Gasteiger partial charge >= 0.3 is 0 Å². The van der Waals surface area contributed by atoms with Crippen molar-refractivity contribution in [1.29, 1.82) is 0 Å². The Morgan fingerprint density at radius 1 is 1.38 bits per heavy atom. The number of carbonyl (C=O) groups is 1. The zero-order valence-electron chi connectivity index (χ0n) is 13.4. The van der Waals surface area contributed by atoms with Crippen LogP contribution < -0.4 is 10.1 Å². The molecule has 24 heavy (non-hydrogen) atoms. The van der Waals surface area contributed by atoms with Gasteiger partial charge in [0.05, 0.1) is 12.4 Å². The normalized spacial score (nSPS) is 10.8. The highest BCUT2D eigenvalue weighted by atomic mass is 16.5. The molecule has 0 bridgehead atoms. The van der Waals surface area contributed by atoms with Gasteiger partial charge in [0.2, 0.25) is 5.88 Å². The summed E-state index contributed by atoms with van der Waals surface area (Å²) in [5.74, 6) is 0.857. The van der Waals surface area contributed by atoms with Gasteiger partial charge in [-0.25, -0.2) is 4.98 Å². The minimum atomic E-state index is -0.289. The van der Waals surface area contributed by atoms with Gasteiger partial charge in [-0.15, -0.1) is 0 Å². The van der Waals surface area contributed by atoms with Crippen LogP contribution in [0.5, 0.6) is 5.88 Å². The monoisotopic (exact) mass is 326 g/mol. The molecule has 0 unspecified atom stereocenters. The van der Waals surface area contributed by atoms with Crippen molar-refractivity contribution >= 4 is 5.91 Å². The summed E-state index contributed by atoms with van der Waals surface area (Å²) in [6.45, 7) is 4.16. The molecule has 0 aliphatic heterocycles. The van der Waals surface area contributed by atoms with Crippen LogP contribution in [-0.2, 0) is 6.54 Å². The molecule has 0 fully saturated rings. The summed E-state index contributed by atoms with van der Waals surface area (Å²) in [6.07, 6.45) is 3.23. The molecular weight excluding hydrogens is 308 g/mol. The molecule has 3 heterocycles. The lowest BCUT2D eigenvalue weighted by Gasteiger charge is -2.12. The molecule has 7 heteroatoms. The highest BCUT2D eigenvalue weighted by molar-refractivity contribution is 5.93. The summed E-state index contributed by atoms with van der Waals surface area (Å²) in [5, 5.41) is 9.61. The van der Waals surface area contributed by atoms with Crippen molar-refractivity contribution in [3.63, 3.8) is 0 Å². The first kappa shape index (κ1) is 15.8. The van der Waals surface area contributed by atoms with E-state index in [1.165, 1.54) is 0 Å². The number of aromatic nitrogens is 3. The molecule has 124 valence electrons. The van der Waals surface area contributed by atoms with Gasteiger partial charge in [0.15, 0.2) is 11.5 Å². The van der Waals surface area contributed by atoms with E-state index in [4.69, 9.17) is 9.15 Å². The van der Waals surface area contributed by atoms with E-state index in [1.54, 1.807) is 36.7 Å². The molecule has 0 aromatic carbocycles. The Morgan fingerprint density at radius 2 is 2.25 bits per heavy atom. The van der Waals surface area contributed by atoms with Gasteiger partial charge in [0.25, 0.3) is 5.91 Å². The third-order valence-corrected chi connectivity index (χ3v) is 3.23. The molecule has 7 nitrogen and oxygen atoms in total. The third kappa shape index (κ3) is 3.62. The molecule has 0 aliphatic carbocycles. The van der Waals surface area contributed by atoms with E-state index in [1.807, 2.05) is 19.9 Å². The van der Waals surface area contributed by atoms with Crippen LogP contribution in [0.15, 0.2) is 47.2 Å². The summed E-state index contributed by atoms with van der Waals surface area (Å²) in [4.78, 5) is 16.4. The SMILES string of the molecule is CC(C)Oc1ncccc1CNC(=O)c1cc(-c2ccco2)[nH]n1. The number of amides is 1. The lowest BCUT2D eigenvalue weighted by molar-refractivity contribution is 0.0945. The van der Waals surface area contributed by atoms with E-state index < -0.39 is 0 Å². The van der Waals surface area contributed by atoms with Crippen LogP contribution in [0.1, 0.15) is 29.9 Å². The van der Waals surface area contributed by atoms with Crippen molar-refractivity contribution in [2.75, 3.05) is 0 Å². The van der Waals surface area contributed by atoms with Crippen LogP contribution in [-0.4, -0.2) is 27.2 Å². The fourth-order valence-electron chi connectivity index (χ4n) is 2.15. The lowest BCUT2D eigenvalue weighted by atomic mass is 10.2. The van der Waals surface area contributed by atoms with Crippen LogP contribution >= 0.6 is 0 Å². The molecule has 3 rings (SSSR count). The summed E-state index contributed by atoms with van der Waals surface area (Å²) in [5.41, 5.74) is 1.74. The number of pyridine rings is 1. The minimum Gasteiger partial charge on any atom is -0.475 e. The zero-order valence-corrected chi connectivity index (χ0v) is 13.4. The predicted molar refractivity (Wildman–Crippen MR) is 87.5 cm³/mol. The Kier molecular flexibility index (Phi) is 4.60. The van der Waals surface area contributed by atoms with E-state index >= 15 is 0 Å². The van der Waals surface area contributed by atoms with Crippen molar-refractivity contribution in [1.82, 2.24) is 20.5 Å². The third-order valence-electron chi connectivity index (χ3n) is 3.23. The minimum absolute atomic E-state index is 0.0107. The molecule has 0 saturated carbocycles. The van der Waals surface area contributed by atoms with Crippen molar-refractivity contribution in [2.24, 2.45) is 0 Å². The molecule has 3 aromatic heterocycles. The van der Waals surface area contributed by atoms with E-state index in [0.29, 0.717) is 23.9 Å². The maximum absolute atomic E-state index is 12.2. The Balaban J connectivity index is 1.66. The van der Waals surface area contributed by atoms with Crippen molar-refractivity contribution < 1.29 is 13.9 Å². The first-order chi connectivity index (χ1) is 11.6. The smallest absolute Gasteiger partial charge is 0.272 e. The van der Waals surface area contributed by atoms with Gasteiger partial charge < -0.3 is 14.5 Å². The Bertz CT molecular complexity index is 809. The number of nitrogens with one attached hydrogen (secondary N) is 2. The second kappa shape index (κ2) is 6.99. The second-order valence-corrected chi connectivity index (χ2v) is 5.46. The molecule has 0 atom stereocenters. The molecule has 0 saturated heterocycles.